The Labute approximate surface area is 150 Å². The first kappa shape index (κ1) is 19.7. The summed E-state index contributed by atoms with van der Waals surface area (Å²) in [6.45, 7) is 2.31. The minimum Gasteiger partial charge on any atom is -0.329 e. The number of tetrazole rings is 1. The fourth-order valence-electron chi connectivity index (χ4n) is 2.02. The average molecular weight is 388 g/mol. The number of imide groups is 1. The zero-order valence-electron chi connectivity index (χ0n) is 13.8. The van der Waals surface area contributed by atoms with E-state index in [0.717, 1.165) is 22.9 Å². The van der Waals surface area contributed by atoms with Crippen LogP contribution in [0.4, 0.5) is 18.0 Å². The second kappa shape index (κ2) is 8.17. The highest BCUT2D eigenvalue weighted by Gasteiger charge is 2.28. The molecule has 140 valence electrons. The van der Waals surface area contributed by atoms with Crippen molar-refractivity contribution in [1.82, 2.24) is 30.8 Å². The van der Waals surface area contributed by atoms with E-state index in [0.29, 0.717) is 10.8 Å². The smallest absolute Gasteiger partial charge is 0.329 e. The lowest BCUT2D eigenvalue weighted by atomic mass is 10.1. The van der Waals surface area contributed by atoms with Gasteiger partial charge in [0, 0.05) is 0 Å². The van der Waals surface area contributed by atoms with E-state index in [2.05, 4.69) is 15.5 Å². The summed E-state index contributed by atoms with van der Waals surface area (Å²) in [5.41, 5.74) is 2.72. The molecule has 2 aromatic rings. The zero-order chi connectivity index (χ0) is 19.3. The number of nitrogens with zero attached hydrogens (tertiary/aromatic N) is 4. The van der Waals surface area contributed by atoms with Gasteiger partial charge in [0.1, 0.15) is 6.54 Å². The third-order valence-electron chi connectivity index (χ3n) is 2.93. The first-order valence-electron chi connectivity index (χ1n) is 7.28. The molecule has 0 aliphatic rings. The quantitative estimate of drug-likeness (QED) is 0.757. The number of hydrogen-bond donors (Lipinski definition) is 2. The Bertz CT molecular complexity index is 788. The summed E-state index contributed by atoms with van der Waals surface area (Å²) in [6.07, 6.45) is -4.55. The minimum atomic E-state index is -4.55. The average Bonchev–Trinajstić information content (AvgIpc) is 2.98. The molecule has 26 heavy (non-hydrogen) atoms. The molecule has 0 saturated heterocycles. The van der Waals surface area contributed by atoms with Crippen LogP contribution in [0.1, 0.15) is 11.1 Å². The van der Waals surface area contributed by atoms with Crippen LogP contribution in [-0.2, 0) is 4.79 Å². The van der Waals surface area contributed by atoms with Gasteiger partial charge in [0.2, 0.25) is 11.1 Å². The number of alkyl halides is 3. The molecule has 8 nitrogen and oxygen atoms in total. The number of carbonyl (C=O) groups excluding carboxylic acids is 2. The fourth-order valence-corrected chi connectivity index (χ4v) is 2.71. The summed E-state index contributed by atoms with van der Waals surface area (Å²) in [5, 5.41) is 14.9. The van der Waals surface area contributed by atoms with Crippen LogP contribution in [0.15, 0.2) is 23.4 Å². The Hall–Kier alpha value is -2.63. The van der Waals surface area contributed by atoms with Crippen molar-refractivity contribution in [3.05, 3.63) is 29.3 Å². The van der Waals surface area contributed by atoms with Crippen LogP contribution in [0, 0.1) is 13.8 Å². The Morgan fingerprint density at radius 3 is 2.46 bits per heavy atom. The van der Waals surface area contributed by atoms with Crippen molar-refractivity contribution in [3.8, 4) is 5.69 Å². The van der Waals surface area contributed by atoms with Crippen molar-refractivity contribution in [2.24, 2.45) is 0 Å². The SMILES string of the molecule is Cc1cc(C)cc(-n2nnnc2SCC(=O)NC(=O)NCC(F)(F)F)c1. The third-order valence-corrected chi connectivity index (χ3v) is 3.85. The standard InChI is InChI=1S/C14H15F3N6O2S/c1-8-3-9(2)5-10(4-8)23-13(20-21-22-23)26-6-11(24)19-12(25)18-7-14(15,16)17/h3-5H,6-7H2,1-2H3,(H2,18,19,24,25). The summed E-state index contributed by atoms with van der Waals surface area (Å²) in [5.74, 6) is -1.02. The molecule has 12 heteroatoms. The van der Waals surface area contributed by atoms with Gasteiger partial charge in [-0.05, 0) is 47.5 Å². The summed E-state index contributed by atoms with van der Waals surface area (Å²) in [7, 11) is 0. The van der Waals surface area contributed by atoms with Crippen LogP contribution in [0.2, 0.25) is 0 Å². The van der Waals surface area contributed by atoms with Gasteiger partial charge >= 0.3 is 12.2 Å². The Morgan fingerprint density at radius 1 is 1.19 bits per heavy atom. The van der Waals surface area contributed by atoms with Crippen molar-refractivity contribution < 1.29 is 22.8 Å². The van der Waals surface area contributed by atoms with Crippen LogP contribution >= 0.6 is 11.8 Å². The number of nitrogens with one attached hydrogen (secondary N) is 2. The summed E-state index contributed by atoms with van der Waals surface area (Å²) in [4.78, 5) is 22.9. The van der Waals surface area contributed by atoms with Crippen molar-refractivity contribution in [3.63, 3.8) is 0 Å². The molecule has 0 unspecified atom stereocenters. The van der Waals surface area contributed by atoms with Crippen molar-refractivity contribution in [1.29, 1.82) is 0 Å². The van der Waals surface area contributed by atoms with Crippen LogP contribution in [0.3, 0.4) is 0 Å². The number of thioether (sulfide) groups is 1. The van der Waals surface area contributed by atoms with E-state index in [1.807, 2.05) is 32.0 Å². The lowest BCUT2D eigenvalue weighted by Crippen LogP contribution is -2.43. The third kappa shape index (κ3) is 6.02. The Morgan fingerprint density at radius 2 is 1.85 bits per heavy atom. The molecule has 0 saturated carbocycles. The molecule has 2 rings (SSSR count). The van der Waals surface area contributed by atoms with Crippen LogP contribution in [0.5, 0.6) is 0 Å². The van der Waals surface area contributed by atoms with Gasteiger partial charge in [-0.25, -0.2) is 4.79 Å². The van der Waals surface area contributed by atoms with Gasteiger partial charge in [-0.2, -0.15) is 17.9 Å². The Balaban J connectivity index is 1.93. The summed E-state index contributed by atoms with van der Waals surface area (Å²) < 4.78 is 37.4. The maximum Gasteiger partial charge on any atom is 0.405 e. The molecule has 0 fully saturated rings. The zero-order valence-corrected chi connectivity index (χ0v) is 14.6. The van der Waals surface area contributed by atoms with Crippen molar-refractivity contribution >= 4 is 23.7 Å². The number of carbonyl (C=O) groups is 2. The molecule has 0 aliphatic carbocycles. The fraction of sp³-hybridized carbons (Fsp3) is 0.357. The summed E-state index contributed by atoms with van der Waals surface area (Å²) >= 11 is 0.947. The van der Waals surface area contributed by atoms with Gasteiger partial charge in [-0.3, -0.25) is 10.1 Å². The van der Waals surface area contributed by atoms with Crippen molar-refractivity contribution in [2.75, 3.05) is 12.3 Å². The lowest BCUT2D eigenvalue weighted by molar-refractivity contribution is -0.124. The number of urea groups is 1. The number of aromatic nitrogens is 4. The molecular formula is C14H15F3N6O2S. The molecule has 0 aliphatic heterocycles. The predicted molar refractivity (Wildman–Crippen MR) is 86.9 cm³/mol. The lowest BCUT2D eigenvalue weighted by Gasteiger charge is -2.09. The molecule has 1 heterocycles. The van der Waals surface area contributed by atoms with E-state index in [9.17, 15) is 22.8 Å². The number of hydrogen-bond acceptors (Lipinski definition) is 6. The van der Waals surface area contributed by atoms with Gasteiger partial charge in [0.25, 0.3) is 0 Å². The Kier molecular flexibility index (Phi) is 6.18. The number of rotatable bonds is 5. The van der Waals surface area contributed by atoms with Gasteiger partial charge in [0.05, 0.1) is 11.4 Å². The highest BCUT2D eigenvalue weighted by Crippen LogP contribution is 2.20. The van der Waals surface area contributed by atoms with Gasteiger partial charge in [-0.15, -0.1) is 5.10 Å². The topological polar surface area (TPSA) is 102 Å². The van der Waals surface area contributed by atoms with E-state index < -0.39 is 24.7 Å². The monoisotopic (exact) mass is 388 g/mol. The maximum absolute atomic E-state index is 12.0. The van der Waals surface area contributed by atoms with Crippen LogP contribution in [0.25, 0.3) is 5.69 Å². The van der Waals surface area contributed by atoms with Gasteiger partial charge in [-0.1, -0.05) is 17.8 Å². The molecular weight excluding hydrogens is 373 g/mol. The molecule has 0 spiro atoms. The minimum absolute atomic E-state index is 0.245. The molecule has 0 atom stereocenters. The molecule has 0 radical (unpaired) electrons. The molecule has 2 N–H and O–H groups in total. The molecule has 1 aromatic heterocycles. The van der Waals surface area contributed by atoms with Gasteiger partial charge in [0.15, 0.2) is 0 Å². The molecule has 1 aromatic carbocycles. The normalized spacial score (nSPS) is 11.3. The number of halogens is 3. The highest BCUT2D eigenvalue weighted by atomic mass is 32.2. The molecule has 3 amide bonds. The maximum atomic E-state index is 12.0. The number of benzene rings is 1. The first-order valence-corrected chi connectivity index (χ1v) is 8.27. The number of amides is 3. The van der Waals surface area contributed by atoms with E-state index in [4.69, 9.17) is 0 Å². The van der Waals surface area contributed by atoms with E-state index in [1.54, 1.807) is 10.6 Å². The van der Waals surface area contributed by atoms with E-state index >= 15 is 0 Å². The van der Waals surface area contributed by atoms with Gasteiger partial charge < -0.3 is 5.32 Å². The second-order valence-corrected chi connectivity index (χ2v) is 6.30. The molecule has 0 bridgehead atoms. The highest BCUT2D eigenvalue weighted by molar-refractivity contribution is 7.99. The second-order valence-electron chi connectivity index (χ2n) is 5.35. The summed E-state index contributed by atoms with van der Waals surface area (Å²) in [6, 6.07) is 4.48. The predicted octanol–water partition coefficient (Wildman–Crippen LogP) is 1.76. The van der Waals surface area contributed by atoms with E-state index in [-0.39, 0.29) is 5.75 Å². The number of aryl methyl sites for hydroxylation is 2. The van der Waals surface area contributed by atoms with Crippen LogP contribution in [-0.4, -0.2) is 50.6 Å². The van der Waals surface area contributed by atoms with E-state index in [1.165, 1.54) is 4.68 Å². The van der Waals surface area contributed by atoms with Crippen LogP contribution < -0.4 is 10.6 Å². The largest absolute Gasteiger partial charge is 0.405 e. The first-order chi connectivity index (χ1) is 12.1. The van der Waals surface area contributed by atoms with Crippen molar-refractivity contribution in [2.45, 2.75) is 25.2 Å².